The molecule has 0 saturated carbocycles. The van der Waals surface area contributed by atoms with E-state index in [-0.39, 0.29) is 5.91 Å². The molecule has 1 atom stereocenters. The smallest absolute Gasteiger partial charge is 0.274 e. The van der Waals surface area contributed by atoms with Crippen LogP contribution in [-0.2, 0) is 19.4 Å². The molecule has 1 amide bonds. The Morgan fingerprint density at radius 3 is 2.81 bits per heavy atom. The Balaban J connectivity index is 1.86. The fourth-order valence-electron chi connectivity index (χ4n) is 3.50. The van der Waals surface area contributed by atoms with Crippen LogP contribution in [0.3, 0.4) is 0 Å². The highest BCUT2D eigenvalue weighted by atomic mass is 32.2. The molecular weight excluding hydrogens is 344 g/mol. The monoisotopic (exact) mass is 372 g/mol. The first-order valence-corrected chi connectivity index (χ1v) is 10.6. The maximum absolute atomic E-state index is 12.7. The van der Waals surface area contributed by atoms with Crippen molar-refractivity contribution in [2.75, 3.05) is 32.6 Å². The molecule has 1 aliphatic carbocycles. The summed E-state index contributed by atoms with van der Waals surface area (Å²) in [4.78, 5) is 14.3. The van der Waals surface area contributed by atoms with Crippen molar-refractivity contribution in [1.29, 1.82) is 0 Å². The van der Waals surface area contributed by atoms with Crippen molar-refractivity contribution in [3.05, 3.63) is 52.8 Å². The summed E-state index contributed by atoms with van der Waals surface area (Å²) in [5, 5.41) is 8.37. The van der Waals surface area contributed by atoms with E-state index in [1.54, 1.807) is 19.0 Å². The van der Waals surface area contributed by atoms with E-state index in [2.05, 4.69) is 23.7 Å². The molecule has 0 aliphatic heterocycles. The molecule has 0 saturated heterocycles. The number of rotatable bonds is 7. The van der Waals surface area contributed by atoms with Crippen LogP contribution in [0.5, 0.6) is 0 Å². The van der Waals surface area contributed by atoms with E-state index in [9.17, 15) is 4.79 Å². The average Bonchev–Trinajstić information content (AvgIpc) is 3.00. The fourth-order valence-corrected chi connectivity index (χ4v) is 3.82. The van der Waals surface area contributed by atoms with Crippen molar-refractivity contribution in [2.24, 2.45) is 0 Å². The molecule has 1 unspecified atom stereocenters. The molecule has 2 aromatic rings. The van der Waals surface area contributed by atoms with Gasteiger partial charge in [0, 0.05) is 43.7 Å². The van der Waals surface area contributed by atoms with Gasteiger partial charge in [0.1, 0.15) is 0 Å². The van der Waals surface area contributed by atoms with Gasteiger partial charge in [-0.05, 0) is 31.1 Å². The Morgan fingerprint density at radius 1 is 1.35 bits per heavy atom. The van der Waals surface area contributed by atoms with Gasteiger partial charge in [0.2, 0.25) is 0 Å². The number of nitrogens with zero attached hydrogens (tertiary/aromatic N) is 3. The number of benzene rings is 1. The maximum Gasteiger partial charge on any atom is 0.274 e. The molecule has 26 heavy (non-hydrogen) atoms. The molecule has 3 rings (SSSR count). The Kier molecular flexibility index (Phi) is 6.38. The third-order valence-corrected chi connectivity index (χ3v) is 5.48. The zero-order valence-electron chi connectivity index (χ0n) is 15.9. The number of carbonyl (C=O) groups excluding carboxylic acids is 1. The van der Waals surface area contributed by atoms with Crippen LogP contribution in [0.1, 0.15) is 33.7 Å². The van der Waals surface area contributed by atoms with Gasteiger partial charge in [-0.3, -0.25) is 9.48 Å². The number of thioether (sulfide) groups is 1. The summed E-state index contributed by atoms with van der Waals surface area (Å²) in [6, 6.07) is 10.8. The summed E-state index contributed by atoms with van der Waals surface area (Å²) >= 11 is 1.85. The Morgan fingerprint density at radius 2 is 2.12 bits per heavy atom. The lowest BCUT2D eigenvalue weighted by molar-refractivity contribution is 0.0820. The third-order valence-electron chi connectivity index (χ3n) is 4.87. The van der Waals surface area contributed by atoms with Gasteiger partial charge in [-0.15, -0.1) is 0 Å². The van der Waals surface area contributed by atoms with E-state index in [1.165, 1.54) is 11.3 Å². The predicted octanol–water partition coefficient (Wildman–Crippen LogP) is 2.44. The van der Waals surface area contributed by atoms with Crippen LogP contribution < -0.4 is 5.32 Å². The number of aromatic nitrogens is 2. The van der Waals surface area contributed by atoms with Crippen LogP contribution in [-0.4, -0.2) is 59.3 Å². The molecular formula is C20H28N4OS. The Labute approximate surface area is 160 Å². The standard InChI is InChI=1S/C20H28N4OS/c1-23(2)20(25)19-17-13-16(21-11-12-26-3)9-10-18(17)24(22-19)14-15-7-5-4-6-8-15/h4-8,16,21H,9-14H2,1-3H3. The second-order valence-electron chi connectivity index (χ2n) is 7.00. The van der Waals surface area contributed by atoms with Crippen molar-refractivity contribution in [2.45, 2.75) is 31.8 Å². The number of hydrogen-bond donors (Lipinski definition) is 1. The van der Waals surface area contributed by atoms with Crippen LogP contribution in [0.15, 0.2) is 30.3 Å². The van der Waals surface area contributed by atoms with Gasteiger partial charge in [0.05, 0.1) is 6.54 Å². The minimum Gasteiger partial charge on any atom is -0.343 e. The Bertz CT molecular complexity index is 742. The second kappa shape index (κ2) is 8.73. The summed E-state index contributed by atoms with van der Waals surface area (Å²) < 4.78 is 2.04. The van der Waals surface area contributed by atoms with Crippen molar-refractivity contribution < 1.29 is 4.79 Å². The second-order valence-corrected chi connectivity index (χ2v) is 7.99. The molecule has 0 bridgehead atoms. The largest absolute Gasteiger partial charge is 0.343 e. The summed E-state index contributed by atoms with van der Waals surface area (Å²) in [6.45, 7) is 1.73. The molecule has 5 nitrogen and oxygen atoms in total. The average molecular weight is 373 g/mol. The van der Waals surface area contributed by atoms with Gasteiger partial charge in [0.25, 0.3) is 5.91 Å². The van der Waals surface area contributed by atoms with E-state index >= 15 is 0 Å². The van der Waals surface area contributed by atoms with Crippen molar-refractivity contribution >= 4 is 17.7 Å². The topological polar surface area (TPSA) is 50.2 Å². The van der Waals surface area contributed by atoms with Crippen molar-refractivity contribution in [1.82, 2.24) is 20.0 Å². The van der Waals surface area contributed by atoms with Gasteiger partial charge < -0.3 is 10.2 Å². The van der Waals surface area contributed by atoms with Crippen LogP contribution in [0.2, 0.25) is 0 Å². The highest BCUT2D eigenvalue weighted by Gasteiger charge is 2.29. The lowest BCUT2D eigenvalue weighted by Crippen LogP contribution is -2.36. The Hall–Kier alpha value is -1.79. The summed E-state index contributed by atoms with van der Waals surface area (Å²) in [6.07, 6.45) is 5.07. The van der Waals surface area contributed by atoms with Crippen LogP contribution in [0.4, 0.5) is 0 Å². The number of hydrogen-bond acceptors (Lipinski definition) is 4. The summed E-state index contributed by atoms with van der Waals surface area (Å²) in [5.74, 6) is 1.11. The first-order chi connectivity index (χ1) is 12.6. The lowest BCUT2D eigenvalue weighted by atomic mass is 9.91. The minimum absolute atomic E-state index is 0.00201. The molecule has 6 heteroatoms. The van der Waals surface area contributed by atoms with Gasteiger partial charge in [-0.1, -0.05) is 30.3 Å². The first kappa shape index (κ1) is 19.0. The van der Waals surface area contributed by atoms with Crippen LogP contribution in [0, 0.1) is 0 Å². The highest BCUT2D eigenvalue weighted by Crippen LogP contribution is 2.26. The van der Waals surface area contributed by atoms with Gasteiger partial charge in [-0.2, -0.15) is 16.9 Å². The SMILES string of the molecule is CSCCNC1CCc2c(c(C(=O)N(C)C)nn2Cc2ccccc2)C1. The molecule has 140 valence electrons. The van der Waals surface area contributed by atoms with Gasteiger partial charge in [0.15, 0.2) is 5.69 Å². The highest BCUT2D eigenvalue weighted by molar-refractivity contribution is 7.98. The predicted molar refractivity (Wildman–Crippen MR) is 108 cm³/mol. The normalized spacial score (nSPS) is 16.3. The van der Waals surface area contributed by atoms with Crippen molar-refractivity contribution in [3.8, 4) is 0 Å². The number of amides is 1. The maximum atomic E-state index is 12.7. The molecule has 1 aromatic heterocycles. The summed E-state index contributed by atoms with van der Waals surface area (Å²) in [5.41, 5.74) is 4.19. The third kappa shape index (κ3) is 4.30. The van der Waals surface area contributed by atoms with E-state index in [0.29, 0.717) is 18.3 Å². The zero-order chi connectivity index (χ0) is 18.5. The molecule has 1 heterocycles. The van der Waals surface area contributed by atoms with E-state index < -0.39 is 0 Å². The lowest BCUT2D eigenvalue weighted by Gasteiger charge is -2.25. The quantitative estimate of drug-likeness (QED) is 0.759. The van der Waals surface area contributed by atoms with E-state index in [1.807, 2.05) is 34.6 Å². The molecule has 0 fully saturated rings. The van der Waals surface area contributed by atoms with Gasteiger partial charge >= 0.3 is 0 Å². The van der Waals surface area contributed by atoms with Crippen LogP contribution >= 0.6 is 11.8 Å². The number of nitrogens with one attached hydrogen (secondary N) is 1. The van der Waals surface area contributed by atoms with E-state index in [4.69, 9.17) is 5.10 Å². The fraction of sp³-hybridized carbons (Fsp3) is 0.500. The van der Waals surface area contributed by atoms with Crippen LogP contribution in [0.25, 0.3) is 0 Å². The molecule has 1 aliphatic rings. The number of fused-ring (bicyclic) bond motifs is 1. The molecule has 1 aromatic carbocycles. The summed E-state index contributed by atoms with van der Waals surface area (Å²) in [7, 11) is 3.59. The van der Waals surface area contributed by atoms with Gasteiger partial charge in [-0.25, -0.2) is 0 Å². The van der Waals surface area contributed by atoms with Crippen molar-refractivity contribution in [3.63, 3.8) is 0 Å². The first-order valence-electron chi connectivity index (χ1n) is 9.16. The van der Waals surface area contributed by atoms with E-state index in [0.717, 1.165) is 37.1 Å². The molecule has 0 radical (unpaired) electrons. The molecule has 0 spiro atoms. The number of carbonyl (C=O) groups is 1. The minimum atomic E-state index is -0.00201. The zero-order valence-corrected chi connectivity index (χ0v) is 16.7. The molecule has 1 N–H and O–H groups in total.